The number of fused-ring (bicyclic) bond motifs is 1. The summed E-state index contributed by atoms with van der Waals surface area (Å²) in [4.78, 5) is 8.62. The molecule has 0 saturated carbocycles. The molecule has 2 rings (SSSR count). The third-order valence-electron chi connectivity index (χ3n) is 3.15. The molecule has 0 atom stereocenters. The first-order chi connectivity index (χ1) is 8.93. The van der Waals surface area contributed by atoms with Gasteiger partial charge in [-0.15, -0.1) is 0 Å². The maximum absolute atomic E-state index is 5.98. The molecule has 0 aliphatic carbocycles. The number of imidazole rings is 1. The molecule has 0 spiro atoms. The first-order valence-electron chi connectivity index (χ1n) is 6.19. The smallest absolute Gasteiger partial charge is 0.202 e. The fourth-order valence-corrected chi connectivity index (χ4v) is 2.20. The van der Waals surface area contributed by atoms with E-state index in [0.29, 0.717) is 11.0 Å². The molecule has 0 aliphatic heterocycles. The highest BCUT2D eigenvalue weighted by atomic mass is 35.5. The van der Waals surface area contributed by atoms with Crippen LogP contribution in [-0.2, 0) is 11.3 Å². The van der Waals surface area contributed by atoms with Gasteiger partial charge in [-0.05, 0) is 17.9 Å². The molecular weight excluding hydrogens is 264 g/mol. The molecule has 0 aliphatic rings. The molecule has 2 N–H and O–H groups in total. The lowest BCUT2D eigenvalue weighted by Gasteiger charge is -2.25. The van der Waals surface area contributed by atoms with E-state index >= 15 is 0 Å². The van der Waals surface area contributed by atoms with E-state index in [2.05, 4.69) is 23.8 Å². The molecule has 2 aromatic rings. The Labute approximate surface area is 117 Å². The number of hydrogen-bond donors (Lipinski definition) is 1. The largest absolute Gasteiger partial charge is 0.385 e. The summed E-state index contributed by atoms with van der Waals surface area (Å²) in [6, 6.07) is 1.78. The van der Waals surface area contributed by atoms with Gasteiger partial charge in [-0.2, -0.15) is 0 Å². The van der Waals surface area contributed by atoms with Crippen LogP contribution in [0.4, 0.5) is 5.95 Å². The summed E-state index contributed by atoms with van der Waals surface area (Å²) in [7, 11) is 1.71. The number of pyridine rings is 1. The molecule has 104 valence electrons. The van der Waals surface area contributed by atoms with Crippen molar-refractivity contribution in [2.75, 3.05) is 19.5 Å². The summed E-state index contributed by atoms with van der Waals surface area (Å²) >= 11 is 5.91. The third kappa shape index (κ3) is 3.16. The SMILES string of the molecule is COCCC(C)(C)Cn1c(N)nc2cc(Cl)cnc21. The number of nitrogens with zero attached hydrogens (tertiary/aromatic N) is 3. The predicted octanol–water partition coefficient (Wildman–Crippen LogP) is 2.73. The quantitative estimate of drug-likeness (QED) is 0.916. The lowest BCUT2D eigenvalue weighted by molar-refractivity contribution is 0.143. The van der Waals surface area contributed by atoms with Crippen molar-refractivity contribution in [1.82, 2.24) is 14.5 Å². The van der Waals surface area contributed by atoms with E-state index in [4.69, 9.17) is 22.1 Å². The Morgan fingerprint density at radius 1 is 1.47 bits per heavy atom. The van der Waals surface area contributed by atoms with E-state index < -0.39 is 0 Å². The van der Waals surface area contributed by atoms with Gasteiger partial charge in [-0.1, -0.05) is 25.4 Å². The number of hydrogen-bond acceptors (Lipinski definition) is 4. The second-order valence-corrected chi connectivity index (χ2v) is 5.90. The maximum atomic E-state index is 5.98. The summed E-state index contributed by atoms with van der Waals surface area (Å²) in [6.45, 7) is 5.81. The normalized spacial score (nSPS) is 12.2. The molecule has 0 radical (unpaired) electrons. The van der Waals surface area contributed by atoms with Crippen molar-refractivity contribution in [3.8, 4) is 0 Å². The zero-order valence-electron chi connectivity index (χ0n) is 11.5. The van der Waals surface area contributed by atoms with Crippen LogP contribution in [0.15, 0.2) is 12.3 Å². The molecule has 0 bridgehead atoms. The van der Waals surface area contributed by atoms with E-state index in [1.54, 1.807) is 19.4 Å². The minimum Gasteiger partial charge on any atom is -0.385 e. The zero-order valence-corrected chi connectivity index (χ0v) is 12.2. The third-order valence-corrected chi connectivity index (χ3v) is 3.36. The maximum Gasteiger partial charge on any atom is 0.202 e. The van der Waals surface area contributed by atoms with Crippen molar-refractivity contribution in [2.24, 2.45) is 5.41 Å². The van der Waals surface area contributed by atoms with Crippen molar-refractivity contribution >= 4 is 28.7 Å². The Morgan fingerprint density at radius 2 is 2.21 bits per heavy atom. The van der Waals surface area contributed by atoms with Crippen LogP contribution in [0, 0.1) is 5.41 Å². The fourth-order valence-electron chi connectivity index (χ4n) is 2.05. The van der Waals surface area contributed by atoms with Crippen molar-refractivity contribution in [2.45, 2.75) is 26.8 Å². The van der Waals surface area contributed by atoms with Crippen LogP contribution >= 0.6 is 11.6 Å². The standard InChI is InChI=1S/C13H19ClN4O/c1-13(2,4-5-19-3)8-18-11-10(17-12(18)15)6-9(14)7-16-11/h6-7H,4-5,8H2,1-3H3,(H2,15,17). The Morgan fingerprint density at radius 3 is 2.89 bits per heavy atom. The highest BCUT2D eigenvalue weighted by Crippen LogP contribution is 2.27. The van der Waals surface area contributed by atoms with Crippen LogP contribution in [0.2, 0.25) is 5.02 Å². The van der Waals surface area contributed by atoms with Crippen LogP contribution in [0.25, 0.3) is 11.2 Å². The predicted molar refractivity (Wildman–Crippen MR) is 77.2 cm³/mol. The van der Waals surface area contributed by atoms with Crippen molar-refractivity contribution < 1.29 is 4.74 Å². The van der Waals surface area contributed by atoms with Crippen LogP contribution in [-0.4, -0.2) is 28.3 Å². The second-order valence-electron chi connectivity index (χ2n) is 5.46. The Balaban J connectivity index is 2.32. The van der Waals surface area contributed by atoms with Gasteiger partial charge in [-0.3, -0.25) is 4.57 Å². The molecule has 0 amide bonds. The van der Waals surface area contributed by atoms with E-state index in [1.165, 1.54) is 0 Å². The molecule has 19 heavy (non-hydrogen) atoms. The average molecular weight is 283 g/mol. The lowest BCUT2D eigenvalue weighted by atomic mass is 9.89. The minimum absolute atomic E-state index is 0.0546. The molecular formula is C13H19ClN4O. The van der Waals surface area contributed by atoms with Crippen molar-refractivity contribution in [3.63, 3.8) is 0 Å². The van der Waals surface area contributed by atoms with Gasteiger partial charge in [0.15, 0.2) is 5.65 Å². The number of methoxy groups -OCH3 is 1. The van der Waals surface area contributed by atoms with Gasteiger partial charge in [0.2, 0.25) is 5.95 Å². The number of nitrogen functional groups attached to an aromatic ring is 1. The van der Waals surface area contributed by atoms with Gasteiger partial charge < -0.3 is 10.5 Å². The highest BCUT2D eigenvalue weighted by Gasteiger charge is 2.21. The first kappa shape index (κ1) is 14.1. The van der Waals surface area contributed by atoms with E-state index in [9.17, 15) is 0 Å². The molecule has 0 saturated heterocycles. The highest BCUT2D eigenvalue weighted by molar-refractivity contribution is 6.31. The van der Waals surface area contributed by atoms with E-state index in [1.807, 2.05) is 4.57 Å². The second kappa shape index (κ2) is 5.35. The molecule has 0 aromatic carbocycles. The monoisotopic (exact) mass is 282 g/mol. The minimum atomic E-state index is 0.0546. The Hall–Kier alpha value is -1.33. The first-order valence-corrected chi connectivity index (χ1v) is 6.57. The van der Waals surface area contributed by atoms with Gasteiger partial charge in [0.25, 0.3) is 0 Å². The number of anilines is 1. The number of halogens is 1. The van der Waals surface area contributed by atoms with Gasteiger partial charge >= 0.3 is 0 Å². The molecule has 2 heterocycles. The molecule has 0 unspecified atom stereocenters. The summed E-state index contributed by atoms with van der Waals surface area (Å²) in [6.07, 6.45) is 2.56. The molecule has 2 aromatic heterocycles. The van der Waals surface area contributed by atoms with Gasteiger partial charge in [0, 0.05) is 26.5 Å². The summed E-state index contributed by atoms with van der Waals surface area (Å²) in [5.74, 6) is 0.468. The van der Waals surface area contributed by atoms with Crippen LogP contribution in [0.1, 0.15) is 20.3 Å². The van der Waals surface area contributed by atoms with Crippen LogP contribution in [0.3, 0.4) is 0 Å². The van der Waals surface area contributed by atoms with Gasteiger partial charge in [0.05, 0.1) is 5.02 Å². The summed E-state index contributed by atoms with van der Waals surface area (Å²) in [5.41, 5.74) is 7.53. The number of ether oxygens (including phenoxy) is 1. The molecule has 0 fully saturated rings. The molecule has 5 nitrogen and oxygen atoms in total. The summed E-state index contributed by atoms with van der Waals surface area (Å²) < 4.78 is 7.07. The Bertz CT molecular complexity index is 579. The average Bonchev–Trinajstić information content (AvgIpc) is 2.62. The number of rotatable bonds is 5. The number of aromatic nitrogens is 3. The van der Waals surface area contributed by atoms with E-state index in [0.717, 1.165) is 30.7 Å². The summed E-state index contributed by atoms with van der Waals surface area (Å²) in [5, 5.41) is 0.566. The molecule has 6 heteroatoms. The number of nitrogens with two attached hydrogens (primary N) is 1. The van der Waals surface area contributed by atoms with Crippen molar-refractivity contribution in [3.05, 3.63) is 17.3 Å². The zero-order chi connectivity index (χ0) is 14.0. The Kier molecular flexibility index (Phi) is 3.96. The topological polar surface area (TPSA) is 66.0 Å². The van der Waals surface area contributed by atoms with Crippen LogP contribution in [0.5, 0.6) is 0 Å². The van der Waals surface area contributed by atoms with E-state index in [-0.39, 0.29) is 5.41 Å². The van der Waals surface area contributed by atoms with Crippen LogP contribution < -0.4 is 5.73 Å². The lowest BCUT2D eigenvalue weighted by Crippen LogP contribution is -2.22. The fraction of sp³-hybridized carbons (Fsp3) is 0.538. The van der Waals surface area contributed by atoms with Crippen molar-refractivity contribution in [1.29, 1.82) is 0 Å². The van der Waals surface area contributed by atoms with Gasteiger partial charge in [0.1, 0.15) is 5.52 Å². The van der Waals surface area contributed by atoms with Gasteiger partial charge in [-0.25, -0.2) is 9.97 Å².